The van der Waals surface area contributed by atoms with E-state index in [9.17, 15) is 31.1 Å². The molecule has 0 amide bonds. The molecule has 0 fully saturated rings. The van der Waals surface area contributed by atoms with E-state index in [-0.39, 0.29) is 17.2 Å². The van der Waals surface area contributed by atoms with E-state index in [4.69, 9.17) is 22.0 Å². The van der Waals surface area contributed by atoms with Crippen molar-refractivity contribution in [1.29, 1.82) is 5.26 Å². The van der Waals surface area contributed by atoms with Crippen LogP contribution in [0.4, 0.5) is 26.3 Å². The third-order valence-electron chi connectivity index (χ3n) is 4.57. The van der Waals surface area contributed by atoms with Gasteiger partial charge in [-0.05, 0) is 29.8 Å². The number of para-hydroxylation sites is 1. The van der Waals surface area contributed by atoms with Crippen LogP contribution in [-0.4, -0.2) is 15.6 Å². The minimum atomic E-state index is -4.99. The molecule has 3 rings (SSSR count). The fraction of sp³-hybridized carbons (Fsp3) is 0.143. The lowest BCUT2D eigenvalue weighted by molar-refractivity contribution is -0.143. The van der Waals surface area contributed by atoms with Gasteiger partial charge < -0.3 is 9.67 Å². The minimum Gasteiger partial charge on any atom is -0.477 e. The number of fused-ring (bicyclic) bond motifs is 1. The van der Waals surface area contributed by atoms with Crippen LogP contribution in [0.2, 0.25) is 0 Å². The molecule has 0 saturated heterocycles. The number of benzene rings is 2. The van der Waals surface area contributed by atoms with Gasteiger partial charge in [0.2, 0.25) is 0 Å². The topological polar surface area (TPSA) is 66.0 Å². The van der Waals surface area contributed by atoms with Gasteiger partial charge in [-0.3, -0.25) is 0 Å². The Morgan fingerprint density at radius 1 is 1.03 bits per heavy atom. The summed E-state index contributed by atoms with van der Waals surface area (Å²) in [5.41, 5.74) is -3.46. The lowest BCUT2D eigenvalue weighted by Crippen LogP contribution is -2.12. The lowest BCUT2D eigenvalue weighted by Gasteiger charge is -2.15. The van der Waals surface area contributed by atoms with Gasteiger partial charge in [0, 0.05) is 29.2 Å². The number of carboxylic acids is 1. The first kappa shape index (κ1) is 23.2. The summed E-state index contributed by atoms with van der Waals surface area (Å²) in [5.74, 6) is -1.58. The third kappa shape index (κ3) is 4.57. The summed E-state index contributed by atoms with van der Waals surface area (Å²) in [7, 11) is 0. The second-order valence-corrected chi connectivity index (χ2v) is 7.09. The highest BCUT2D eigenvalue weighted by atomic mass is 35.5. The van der Waals surface area contributed by atoms with Crippen molar-refractivity contribution in [3.63, 3.8) is 0 Å². The van der Waals surface area contributed by atoms with Gasteiger partial charge in [0.1, 0.15) is 6.07 Å². The maximum absolute atomic E-state index is 13.2. The minimum absolute atomic E-state index is 0.0361. The summed E-state index contributed by atoms with van der Waals surface area (Å²) in [6, 6.07) is 8.95. The average molecular weight is 473 g/mol. The Labute approximate surface area is 181 Å². The molecule has 1 aromatic heterocycles. The van der Waals surface area contributed by atoms with Crippen LogP contribution in [0.3, 0.4) is 0 Å². The highest BCUT2D eigenvalue weighted by molar-refractivity contribution is 6.52. The number of hydrogen-bond acceptors (Lipinski definition) is 2. The van der Waals surface area contributed by atoms with Crippen LogP contribution in [0, 0.1) is 11.3 Å². The van der Waals surface area contributed by atoms with Crippen LogP contribution in [0.5, 0.6) is 0 Å². The van der Waals surface area contributed by atoms with Gasteiger partial charge in [0.05, 0.1) is 16.2 Å². The third-order valence-corrected chi connectivity index (χ3v) is 4.96. The van der Waals surface area contributed by atoms with Crippen molar-refractivity contribution in [3.8, 4) is 6.07 Å². The predicted octanol–water partition coefficient (Wildman–Crippen LogP) is 6.29. The lowest BCUT2D eigenvalue weighted by atomic mass is 10.0. The normalized spacial score (nSPS) is 13.1. The smallest absolute Gasteiger partial charge is 0.416 e. The number of aromatic nitrogens is 1. The molecule has 4 nitrogen and oxygen atoms in total. The molecule has 0 radical (unpaired) electrons. The summed E-state index contributed by atoms with van der Waals surface area (Å²) >= 11 is 6.10. The van der Waals surface area contributed by atoms with Gasteiger partial charge in [0.15, 0.2) is 5.57 Å². The number of carbonyl (C=O) groups is 1. The number of rotatable bonds is 4. The molecule has 0 aliphatic rings. The highest BCUT2D eigenvalue weighted by Gasteiger charge is 2.37. The zero-order chi connectivity index (χ0) is 23.8. The first-order valence-corrected chi connectivity index (χ1v) is 9.10. The molecule has 1 heterocycles. The van der Waals surface area contributed by atoms with E-state index in [1.807, 2.05) is 0 Å². The SMILES string of the molecule is N#CC(C(=O)O)=C(Cl)c1cn(Cc2cc(C(F)(F)F)cc(C(F)(F)F)c2)c2ccccc12. The number of hydrogen-bond donors (Lipinski definition) is 1. The summed E-state index contributed by atoms with van der Waals surface area (Å²) in [4.78, 5) is 11.3. The maximum Gasteiger partial charge on any atom is 0.416 e. The molecule has 0 bridgehead atoms. The van der Waals surface area contributed by atoms with E-state index in [2.05, 4.69) is 0 Å². The first-order chi connectivity index (χ1) is 14.8. The zero-order valence-corrected chi connectivity index (χ0v) is 16.5. The predicted molar refractivity (Wildman–Crippen MR) is 104 cm³/mol. The average Bonchev–Trinajstić information content (AvgIpc) is 3.05. The molecular weight excluding hydrogens is 462 g/mol. The van der Waals surface area contributed by atoms with Gasteiger partial charge >= 0.3 is 18.3 Å². The second-order valence-electron chi connectivity index (χ2n) is 6.71. The monoisotopic (exact) mass is 472 g/mol. The molecule has 1 N–H and O–H groups in total. The molecule has 0 aliphatic heterocycles. The van der Waals surface area contributed by atoms with Gasteiger partial charge in [0.25, 0.3) is 0 Å². The standard InChI is InChI=1S/C21H11ClF6N2O2/c22-18(15(8-29)19(31)32)16-10-30(17-4-2-1-3-14(16)17)9-11-5-12(20(23,24)25)7-13(6-11)21(26,27)28/h1-7,10H,9H2,(H,31,32). The van der Waals surface area contributed by atoms with Crippen LogP contribution in [0.25, 0.3) is 15.9 Å². The zero-order valence-electron chi connectivity index (χ0n) is 15.7. The Balaban J connectivity index is 2.20. The molecule has 0 spiro atoms. The summed E-state index contributed by atoms with van der Waals surface area (Å²) < 4.78 is 80.3. The van der Waals surface area contributed by atoms with Crippen LogP contribution in [-0.2, 0) is 23.7 Å². The summed E-state index contributed by atoms with van der Waals surface area (Å²) in [6.45, 7) is -0.396. The van der Waals surface area contributed by atoms with Gasteiger partial charge in [-0.25, -0.2) is 4.79 Å². The van der Waals surface area contributed by atoms with E-state index in [0.29, 0.717) is 23.0 Å². The van der Waals surface area contributed by atoms with Crippen molar-refractivity contribution in [2.75, 3.05) is 0 Å². The quantitative estimate of drug-likeness (QED) is 0.276. The Kier molecular flexibility index (Phi) is 5.98. The molecule has 0 saturated carbocycles. The molecule has 2 aromatic carbocycles. The summed E-state index contributed by atoms with van der Waals surface area (Å²) in [5, 5.41) is 18.2. The van der Waals surface area contributed by atoms with Crippen molar-refractivity contribution in [2.24, 2.45) is 0 Å². The fourth-order valence-electron chi connectivity index (χ4n) is 3.19. The maximum atomic E-state index is 13.2. The molecule has 0 unspecified atom stereocenters. The van der Waals surface area contributed by atoms with Crippen LogP contribution < -0.4 is 0 Å². The van der Waals surface area contributed by atoms with E-state index in [1.165, 1.54) is 29.0 Å². The summed E-state index contributed by atoms with van der Waals surface area (Å²) in [6.07, 6.45) is -8.70. The second kappa shape index (κ2) is 8.24. The number of halogens is 7. The molecule has 32 heavy (non-hydrogen) atoms. The van der Waals surface area contributed by atoms with Crippen molar-refractivity contribution < 1.29 is 36.2 Å². The van der Waals surface area contributed by atoms with E-state index in [0.717, 1.165) is 0 Å². The van der Waals surface area contributed by atoms with Crippen LogP contribution in [0.15, 0.2) is 54.2 Å². The van der Waals surface area contributed by atoms with E-state index in [1.54, 1.807) is 12.1 Å². The number of alkyl halides is 6. The number of aliphatic carboxylic acids is 1. The van der Waals surface area contributed by atoms with E-state index < -0.39 is 46.6 Å². The van der Waals surface area contributed by atoms with E-state index >= 15 is 0 Å². The van der Waals surface area contributed by atoms with Gasteiger partial charge in [-0.15, -0.1) is 0 Å². The number of nitriles is 1. The Bertz CT molecular complexity index is 1250. The van der Waals surface area contributed by atoms with Crippen molar-refractivity contribution in [1.82, 2.24) is 4.57 Å². The van der Waals surface area contributed by atoms with Gasteiger partial charge in [-0.1, -0.05) is 29.8 Å². The highest BCUT2D eigenvalue weighted by Crippen LogP contribution is 2.37. The van der Waals surface area contributed by atoms with Crippen molar-refractivity contribution in [3.05, 3.63) is 76.5 Å². The molecule has 3 aromatic rings. The molecule has 166 valence electrons. The largest absolute Gasteiger partial charge is 0.477 e. The Hall–Kier alpha value is -3.45. The first-order valence-electron chi connectivity index (χ1n) is 8.72. The number of nitrogens with zero attached hydrogens (tertiary/aromatic N) is 2. The van der Waals surface area contributed by atoms with Crippen LogP contribution >= 0.6 is 11.6 Å². The molecule has 11 heteroatoms. The molecule has 0 aliphatic carbocycles. The van der Waals surface area contributed by atoms with Crippen molar-refractivity contribution >= 4 is 33.5 Å². The Morgan fingerprint density at radius 3 is 2.09 bits per heavy atom. The fourth-order valence-corrected chi connectivity index (χ4v) is 3.46. The number of carboxylic acid groups (broad SMARTS) is 1. The van der Waals surface area contributed by atoms with Crippen LogP contribution in [0.1, 0.15) is 22.3 Å². The molecular formula is C21H11ClF6N2O2. The molecule has 0 atom stereocenters. The van der Waals surface area contributed by atoms with Gasteiger partial charge in [-0.2, -0.15) is 31.6 Å². The van der Waals surface area contributed by atoms with Crippen molar-refractivity contribution in [2.45, 2.75) is 18.9 Å². The Morgan fingerprint density at radius 2 is 1.59 bits per heavy atom.